The first-order valence-corrected chi connectivity index (χ1v) is 7.04. The van der Waals surface area contributed by atoms with Gasteiger partial charge in [-0.05, 0) is 13.0 Å². The molecule has 0 amide bonds. The number of methoxy groups -OCH3 is 1. The summed E-state index contributed by atoms with van der Waals surface area (Å²) in [5.74, 6) is 0.544. The molecule has 0 radical (unpaired) electrons. The van der Waals surface area contributed by atoms with Crippen LogP contribution in [0.15, 0.2) is 24.3 Å². The van der Waals surface area contributed by atoms with Crippen molar-refractivity contribution in [1.29, 1.82) is 0 Å². The molecule has 0 saturated heterocycles. The first kappa shape index (κ1) is 12.9. The molecular formula is C14H14N2O3S. The number of nitrogens with zero attached hydrogens (tertiary/aromatic N) is 1. The van der Waals surface area contributed by atoms with Crippen LogP contribution in [0.1, 0.15) is 27.0 Å². The Morgan fingerprint density at radius 1 is 1.50 bits per heavy atom. The molecule has 0 saturated carbocycles. The summed E-state index contributed by atoms with van der Waals surface area (Å²) < 4.78 is 10.3. The van der Waals surface area contributed by atoms with Crippen LogP contribution in [-0.4, -0.2) is 24.7 Å². The number of aryl methyl sites for hydroxylation is 1. The monoisotopic (exact) mass is 290 g/mol. The largest absolute Gasteiger partial charge is 0.491 e. The molecule has 3 rings (SSSR count). The molecule has 20 heavy (non-hydrogen) atoms. The molecule has 0 fully saturated rings. The van der Waals surface area contributed by atoms with Gasteiger partial charge in [-0.25, -0.2) is 9.78 Å². The molecule has 0 aliphatic carbocycles. The molecule has 1 aliphatic rings. The Hall–Kier alpha value is -2.08. The van der Waals surface area contributed by atoms with Crippen LogP contribution in [0.2, 0.25) is 0 Å². The zero-order valence-corrected chi connectivity index (χ0v) is 12.0. The summed E-state index contributed by atoms with van der Waals surface area (Å²) in [6, 6.07) is 7.97. The van der Waals surface area contributed by atoms with Crippen LogP contribution in [0.4, 0.5) is 5.13 Å². The van der Waals surface area contributed by atoms with E-state index in [1.807, 2.05) is 24.3 Å². The van der Waals surface area contributed by atoms with Gasteiger partial charge in [0, 0.05) is 5.56 Å². The lowest BCUT2D eigenvalue weighted by molar-refractivity contribution is 0.0605. The zero-order valence-electron chi connectivity index (χ0n) is 11.2. The van der Waals surface area contributed by atoms with Crippen LogP contribution in [0.5, 0.6) is 5.75 Å². The Kier molecular flexibility index (Phi) is 3.31. The van der Waals surface area contributed by atoms with E-state index in [0.29, 0.717) is 22.3 Å². The molecule has 5 nitrogen and oxygen atoms in total. The molecule has 2 aromatic rings. The average Bonchev–Trinajstić information content (AvgIpc) is 3.03. The molecule has 6 heteroatoms. The molecule has 1 atom stereocenters. The molecule has 0 spiro atoms. The highest BCUT2D eigenvalue weighted by atomic mass is 32.1. The number of aromatic nitrogens is 1. The molecule has 1 aromatic heterocycles. The minimum atomic E-state index is -0.351. The van der Waals surface area contributed by atoms with Crippen LogP contribution >= 0.6 is 11.3 Å². The average molecular weight is 290 g/mol. The summed E-state index contributed by atoms with van der Waals surface area (Å²) >= 11 is 1.30. The van der Waals surface area contributed by atoms with Crippen molar-refractivity contribution >= 4 is 22.4 Å². The van der Waals surface area contributed by atoms with E-state index < -0.39 is 0 Å². The second kappa shape index (κ2) is 5.13. The summed E-state index contributed by atoms with van der Waals surface area (Å²) in [6.07, 6.45) is 0. The van der Waals surface area contributed by atoms with Gasteiger partial charge in [0.05, 0.1) is 18.8 Å². The van der Waals surface area contributed by atoms with E-state index >= 15 is 0 Å². The van der Waals surface area contributed by atoms with E-state index in [2.05, 4.69) is 10.3 Å². The van der Waals surface area contributed by atoms with E-state index in [0.717, 1.165) is 11.3 Å². The molecule has 1 N–H and O–H groups in total. The molecule has 1 aliphatic heterocycles. The van der Waals surface area contributed by atoms with E-state index in [-0.39, 0.29) is 12.0 Å². The van der Waals surface area contributed by atoms with Gasteiger partial charge in [-0.1, -0.05) is 29.5 Å². The predicted molar refractivity (Wildman–Crippen MR) is 76.5 cm³/mol. The van der Waals surface area contributed by atoms with Crippen molar-refractivity contribution in [3.05, 3.63) is 40.4 Å². The van der Waals surface area contributed by atoms with Crippen molar-refractivity contribution in [3.63, 3.8) is 0 Å². The fraction of sp³-hybridized carbons (Fsp3) is 0.286. The highest BCUT2D eigenvalue weighted by Crippen LogP contribution is 2.35. The molecule has 0 bridgehead atoms. The minimum absolute atomic E-state index is 0.0576. The number of anilines is 1. The van der Waals surface area contributed by atoms with E-state index in [1.54, 1.807) is 6.92 Å². The minimum Gasteiger partial charge on any atom is -0.491 e. The van der Waals surface area contributed by atoms with Crippen LogP contribution in [0, 0.1) is 6.92 Å². The molecular weight excluding hydrogens is 276 g/mol. The number of esters is 1. The number of nitrogens with one attached hydrogen (secondary N) is 1. The predicted octanol–water partition coefficient (Wildman–Crippen LogP) is 2.78. The summed E-state index contributed by atoms with van der Waals surface area (Å²) in [6.45, 7) is 2.36. The molecule has 1 unspecified atom stereocenters. The summed E-state index contributed by atoms with van der Waals surface area (Å²) in [5, 5.41) is 4.01. The van der Waals surface area contributed by atoms with Crippen molar-refractivity contribution in [2.45, 2.75) is 13.0 Å². The Morgan fingerprint density at radius 3 is 3.10 bits per heavy atom. The fourth-order valence-corrected chi connectivity index (χ4v) is 3.11. The maximum absolute atomic E-state index is 11.6. The molecule has 1 aromatic carbocycles. The number of hydrogen-bond donors (Lipinski definition) is 1. The topological polar surface area (TPSA) is 60.5 Å². The van der Waals surface area contributed by atoms with Crippen molar-refractivity contribution in [3.8, 4) is 5.75 Å². The summed E-state index contributed by atoms with van der Waals surface area (Å²) in [4.78, 5) is 16.5. The van der Waals surface area contributed by atoms with Crippen molar-refractivity contribution in [1.82, 2.24) is 4.98 Å². The Morgan fingerprint density at radius 2 is 2.30 bits per heavy atom. The number of rotatable bonds is 3. The number of fused-ring (bicyclic) bond motifs is 1. The van der Waals surface area contributed by atoms with Gasteiger partial charge in [0.1, 0.15) is 17.2 Å². The third-order valence-corrected chi connectivity index (χ3v) is 4.23. The van der Waals surface area contributed by atoms with E-state index in [4.69, 9.17) is 9.47 Å². The van der Waals surface area contributed by atoms with Gasteiger partial charge in [-0.15, -0.1) is 0 Å². The highest BCUT2D eigenvalue weighted by Gasteiger charge is 2.25. The standard InChI is InChI=1S/C14H14N2O3S/c1-8-12(13(17)18-2)20-14(15-8)16-10-7-19-11-6-4-3-5-9(10)11/h3-6,10H,7H2,1-2H3,(H,15,16). The Balaban J connectivity index is 1.81. The maximum Gasteiger partial charge on any atom is 0.350 e. The molecule has 104 valence electrons. The van der Waals surface area contributed by atoms with Gasteiger partial charge in [-0.2, -0.15) is 0 Å². The highest BCUT2D eigenvalue weighted by molar-refractivity contribution is 7.17. The van der Waals surface area contributed by atoms with Crippen LogP contribution in [-0.2, 0) is 4.74 Å². The SMILES string of the molecule is COC(=O)c1sc(NC2COc3ccccc32)nc1C. The van der Waals surface area contributed by atoms with Gasteiger partial charge in [0.25, 0.3) is 0 Å². The number of carbonyl (C=O) groups excluding carboxylic acids is 1. The van der Waals surface area contributed by atoms with E-state index in [9.17, 15) is 4.79 Å². The summed E-state index contributed by atoms with van der Waals surface area (Å²) in [7, 11) is 1.37. The Labute approximate surface area is 120 Å². The summed E-state index contributed by atoms with van der Waals surface area (Å²) in [5.41, 5.74) is 1.79. The second-order valence-corrected chi connectivity index (χ2v) is 5.47. The second-order valence-electron chi connectivity index (χ2n) is 4.47. The Bertz CT molecular complexity index is 654. The third kappa shape index (κ3) is 2.22. The normalized spacial score (nSPS) is 16.4. The number of thiazole rings is 1. The first-order chi connectivity index (χ1) is 9.69. The van der Waals surface area contributed by atoms with Gasteiger partial charge in [0.15, 0.2) is 5.13 Å². The van der Waals surface area contributed by atoms with Gasteiger partial charge >= 0.3 is 5.97 Å². The van der Waals surface area contributed by atoms with E-state index in [1.165, 1.54) is 18.4 Å². The fourth-order valence-electron chi connectivity index (χ4n) is 2.17. The third-order valence-electron chi connectivity index (χ3n) is 3.17. The lowest BCUT2D eigenvalue weighted by atomic mass is 10.1. The quantitative estimate of drug-likeness (QED) is 0.881. The van der Waals surface area contributed by atoms with Crippen molar-refractivity contribution in [2.75, 3.05) is 19.0 Å². The first-order valence-electron chi connectivity index (χ1n) is 6.23. The number of ether oxygens (including phenoxy) is 2. The number of para-hydroxylation sites is 1. The lowest BCUT2D eigenvalue weighted by Gasteiger charge is -2.09. The number of benzene rings is 1. The van der Waals surface area contributed by atoms with Crippen molar-refractivity contribution in [2.24, 2.45) is 0 Å². The van der Waals surface area contributed by atoms with Gasteiger partial charge < -0.3 is 14.8 Å². The molecule has 2 heterocycles. The lowest BCUT2D eigenvalue weighted by Crippen LogP contribution is -2.11. The van der Waals surface area contributed by atoms with Gasteiger partial charge in [0.2, 0.25) is 0 Å². The van der Waals surface area contributed by atoms with Crippen molar-refractivity contribution < 1.29 is 14.3 Å². The van der Waals surface area contributed by atoms with Gasteiger partial charge in [-0.3, -0.25) is 0 Å². The van der Waals surface area contributed by atoms with Crippen LogP contribution < -0.4 is 10.1 Å². The van der Waals surface area contributed by atoms with Crippen LogP contribution in [0.3, 0.4) is 0 Å². The smallest absolute Gasteiger partial charge is 0.350 e. The number of carbonyl (C=O) groups is 1. The maximum atomic E-state index is 11.6. The van der Waals surface area contributed by atoms with Crippen LogP contribution in [0.25, 0.3) is 0 Å². The number of hydrogen-bond acceptors (Lipinski definition) is 6. The zero-order chi connectivity index (χ0) is 14.1.